The number of alkyl halides is 1. The highest BCUT2D eigenvalue weighted by Crippen LogP contribution is 2.21. The first kappa shape index (κ1) is 13.3. The maximum Gasteiger partial charge on any atom is 0.234 e. The lowest BCUT2D eigenvalue weighted by molar-refractivity contribution is 0.593. The van der Waals surface area contributed by atoms with E-state index in [9.17, 15) is 8.42 Å². The number of rotatable bonds is 5. The topological polar surface area (TPSA) is 37.4 Å². The smallest absolute Gasteiger partial charge is 0.234 e. The largest absolute Gasteiger partial charge is 0.273 e. The summed E-state index contributed by atoms with van der Waals surface area (Å²) < 4.78 is 25.1. The second-order valence-corrected chi connectivity index (χ2v) is 6.11. The van der Waals surface area contributed by atoms with E-state index in [1.54, 1.807) is 13.1 Å². The van der Waals surface area contributed by atoms with Gasteiger partial charge in [0.25, 0.3) is 0 Å². The molecule has 1 rings (SSSR count). The van der Waals surface area contributed by atoms with Gasteiger partial charge in [0, 0.05) is 12.9 Å². The molecule has 0 radical (unpaired) electrons. The highest BCUT2D eigenvalue weighted by Gasteiger charge is 2.18. The Morgan fingerprint density at radius 1 is 1.31 bits per heavy atom. The Morgan fingerprint density at radius 3 is 2.50 bits per heavy atom. The molecule has 0 saturated heterocycles. The van der Waals surface area contributed by atoms with Crippen LogP contribution in [0.4, 0.5) is 5.69 Å². The second kappa shape index (κ2) is 5.55. The molecule has 0 aromatic heterocycles. The Balaban J connectivity index is 2.94. The molecule has 1 aromatic carbocycles. The van der Waals surface area contributed by atoms with Crippen LogP contribution in [-0.2, 0) is 10.0 Å². The van der Waals surface area contributed by atoms with Gasteiger partial charge in [-0.25, -0.2) is 8.42 Å². The average molecular weight is 262 g/mol. The maximum atomic E-state index is 11.9. The standard InChI is InChI=1S/C11H16ClNO2S/c1-10-6-3-4-7-11(10)13(2)16(14,15)9-5-8-12/h3-4,6-7H,5,8-9H2,1-2H3. The molecule has 5 heteroatoms. The Hall–Kier alpha value is -0.740. The number of nitrogens with zero attached hydrogens (tertiary/aromatic N) is 1. The molecule has 0 amide bonds. The van der Waals surface area contributed by atoms with Gasteiger partial charge in [-0.3, -0.25) is 4.31 Å². The Labute approximate surface area is 102 Å². The fraction of sp³-hybridized carbons (Fsp3) is 0.455. The lowest BCUT2D eigenvalue weighted by atomic mass is 10.2. The molecule has 90 valence electrons. The van der Waals surface area contributed by atoms with Crippen LogP contribution in [0.25, 0.3) is 0 Å². The van der Waals surface area contributed by atoms with Crippen molar-refractivity contribution in [2.45, 2.75) is 13.3 Å². The molecule has 0 atom stereocenters. The van der Waals surface area contributed by atoms with Gasteiger partial charge in [0.1, 0.15) is 0 Å². The zero-order chi connectivity index (χ0) is 12.2. The summed E-state index contributed by atoms with van der Waals surface area (Å²) in [6.45, 7) is 1.89. The Kier molecular flexibility index (Phi) is 4.62. The third kappa shape index (κ3) is 3.12. The van der Waals surface area contributed by atoms with Gasteiger partial charge in [-0.15, -0.1) is 11.6 Å². The summed E-state index contributed by atoms with van der Waals surface area (Å²) in [5.41, 5.74) is 1.66. The van der Waals surface area contributed by atoms with Gasteiger partial charge in [0.15, 0.2) is 0 Å². The monoisotopic (exact) mass is 261 g/mol. The minimum Gasteiger partial charge on any atom is -0.273 e. The highest BCUT2D eigenvalue weighted by molar-refractivity contribution is 7.92. The van der Waals surface area contributed by atoms with Crippen molar-refractivity contribution in [1.29, 1.82) is 0 Å². The van der Waals surface area contributed by atoms with E-state index in [2.05, 4.69) is 0 Å². The molecule has 3 nitrogen and oxygen atoms in total. The molecule has 16 heavy (non-hydrogen) atoms. The average Bonchev–Trinajstić information content (AvgIpc) is 2.26. The van der Waals surface area contributed by atoms with Crippen molar-refractivity contribution >= 4 is 27.3 Å². The zero-order valence-electron chi connectivity index (χ0n) is 9.48. The van der Waals surface area contributed by atoms with Gasteiger partial charge in [0.2, 0.25) is 10.0 Å². The molecule has 0 fully saturated rings. The van der Waals surface area contributed by atoms with Crippen LogP contribution in [0.5, 0.6) is 0 Å². The van der Waals surface area contributed by atoms with Gasteiger partial charge >= 0.3 is 0 Å². The third-order valence-corrected chi connectivity index (χ3v) is 4.51. The molecule has 0 bridgehead atoms. The molecule has 0 saturated carbocycles. The van der Waals surface area contributed by atoms with Crippen LogP contribution in [0.2, 0.25) is 0 Å². The van der Waals surface area contributed by atoms with E-state index in [1.807, 2.05) is 25.1 Å². The van der Waals surface area contributed by atoms with Crippen LogP contribution in [0.1, 0.15) is 12.0 Å². The third-order valence-electron chi connectivity index (χ3n) is 2.41. The van der Waals surface area contributed by atoms with Crippen molar-refractivity contribution < 1.29 is 8.42 Å². The van der Waals surface area contributed by atoms with Crippen molar-refractivity contribution in [3.63, 3.8) is 0 Å². The number of sulfonamides is 1. The minimum absolute atomic E-state index is 0.0847. The molecule has 1 aromatic rings. The summed E-state index contributed by atoms with van der Waals surface area (Å²) in [6.07, 6.45) is 0.472. The predicted octanol–water partition coefficient (Wildman–Crippen LogP) is 2.39. The van der Waals surface area contributed by atoms with Gasteiger partial charge in [0.05, 0.1) is 11.4 Å². The van der Waals surface area contributed by atoms with Crippen LogP contribution in [0.15, 0.2) is 24.3 Å². The van der Waals surface area contributed by atoms with Crippen LogP contribution in [0, 0.1) is 6.92 Å². The summed E-state index contributed by atoms with van der Waals surface area (Å²) >= 11 is 5.51. The summed E-state index contributed by atoms with van der Waals surface area (Å²) in [4.78, 5) is 0. The van der Waals surface area contributed by atoms with Crippen molar-refractivity contribution in [3.8, 4) is 0 Å². The number of para-hydroxylation sites is 1. The molecule has 0 aliphatic carbocycles. The van der Waals surface area contributed by atoms with E-state index < -0.39 is 10.0 Å². The molecular formula is C11H16ClNO2S. The first-order valence-corrected chi connectivity index (χ1v) is 7.21. The van der Waals surface area contributed by atoms with E-state index in [-0.39, 0.29) is 5.75 Å². The SMILES string of the molecule is Cc1ccccc1N(C)S(=O)(=O)CCCCl. The molecule has 0 N–H and O–H groups in total. The van der Waals surface area contributed by atoms with E-state index in [0.29, 0.717) is 12.3 Å². The van der Waals surface area contributed by atoms with Gasteiger partial charge in [-0.1, -0.05) is 18.2 Å². The molecule has 0 aliphatic heterocycles. The van der Waals surface area contributed by atoms with Gasteiger partial charge in [-0.05, 0) is 25.0 Å². The number of benzene rings is 1. The second-order valence-electron chi connectivity index (χ2n) is 3.61. The lowest BCUT2D eigenvalue weighted by Crippen LogP contribution is -2.29. The first-order chi connectivity index (χ1) is 7.49. The number of hydrogen-bond acceptors (Lipinski definition) is 2. The fourth-order valence-electron chi connectivity index (χ4n) is 1.44. The summed E-state index contributed by atoms with van der Waals surface area (Å²) in [6, 6.07) is 7.41. The summed E-state index contributed by atoms with van der Waals surface area (Å²) in [7, 11) is -1.67. The van der Waals surface area contributed by atoms with Gasteiger partial charge < -0.3 is 0 Å². The van der Waals surface area contributed by atoms with Crippen LogP contribution in [-0.4, -0.2) is 27.1 Å². The zero-order valence-corrected chi connectivity index (χ0v) is 11.1. The minimum atomic E-state index is -3.25. The van der Waals surface area contributed by atoms with Crippen molar-refractivity contribution in [2.75, 3.05) is 23.0 Å². The first-order valence-electron chi connectivity index (χ1n) is 5.07. The van der Waals surface area contributed by atoms with Gasteiger partial charge in [-0.2, -0.15) is 0 Å². The van der Waals surface area contributed by atoms with Crippen LogP contribution in [0.3, 0.4) is 0 Å². The Bertz CT molecular complexity index is 445. The molecule has 0 spiro atoms. The van der Waals surface area contributed by atoms with Crippen molar-refractivity contribution in [1.82, 2.24) is 0 Å². The summed E-state index contributed by atoms with van der Waals surface area (Å²) in [5, 5.41) is 0. The highest BCUT2D eigenvalue weighted by atomic mass is 35.5. The number of hydrogen-bond donors (Lipinski definition) is 0. The van der Waals surface area contributed by atoms with Crippen molar-refractivity contribution in [2.24, 2.45) is 0 Å². The predicted molar refractivity (Wildman–Crippen MR) is 68.7 cm³/mol. The van der Waals surface area contributed by atoms with E-state index in [0.717, 1.165) is 11.3 Å². The summed E-state index contributed by atoms with van der Waals surface area (Å²) in [5.74, 6) is 0.447. The van der Waals surface area contributed by atoms with E-state index >= 15 is 0 Å². The normalized spacial score (nSPS) is 11.4. The lowest BCUT2D eigenvalue weighted by Gasteiger charge is -2.21. The van der Waals surface area contributed by atoms with Crippen LogP contribution >= 0.6 is 11.6 Å². The van der Waals surface area contributed by atoms with Crippen LogP contribution < -0.4 is 4.31 Å². The molecule has 0 unspecified atom stereocenters. The number of halogens is 1. The molecular weight excluding hydrogens is 246 g/mol. The quantitative estimate of drug-likeness (QED) is 0.764. The van der Waals surface area contributed by atoms with E-state index in [1.165, 1.54) is 4.31 Å². The van der Waals surface area contributed by atoms with Crippen molar-refractivity contribution in [3.05, 3.63) is 29.8 Å². The molecule has 0 heterocycles. The number of aryl methyl sites for hydroxylation is 1. The van der Waals surface area contributed by atoms with E-state index in [4.69, 9.17) is 11.6 Å². The maximum absolute atomic E-state index is 11.9. The fourth-order valence-corrected chi connectivity index (χ4v) is 3.02. The molecule has 0 aliphatic rings. The Morgan fingerprint density at radius 2 is 1.94 bits per heavy atom. The number of anilines is 1.